The number of nitrogens with two attached hydrogens (primary N) is 1. The van der Waals surface area contributed by atoms with E-state index in [1.54, 1.807) is 18.2 Å². The summed E-state index contributed by atoms with van der Waals surface area (Å²) in [6.45, 7) is 0. The average molecular weight is 256 g/mol. The predicted molar refractivity (Wildman–Crippen MR) is 74.9 cm³/mol. The number of carbonyl (C=O) groups excluding carboxylic acids is 1. The lowest BCUT2D eigenvalue weighted by Gasteiger charge is -2.13. The summed E-state index contributed by atoms with van der Waals surface area (Å²) >= 11 is 0. The lowest BCUT2D eigenvalue weighted by Crippen LogP contribution is -2.37. The van der Waals surface area contributed by atoms with Gasteiger partial charge >= 0.3 is 0 Å². The van der Waals surface area contributed by atoms with Crippen molar-refractivity contribution in [2.24, 2.45) is 5.73 Å². The fraction of sp³-hybridized carbons (Fsp3) is 0.133. The summed E-state index contributed by atoms with van der Waals surface area (Å²) in [6.07, 6.45) is 0.459. The van der Waals surface area contributed by atoms with E-state index in [1.807, 2.05) is 30.3 Å². The summed E-state index contributed by atoms with van der Waals surface area (Å²) in [6, 6.07) is 15.5. The van der Waals surface area contributed by atoms with Crippen LogP contribution in [0.2, 0.25) is 0 Å². The molecule has 0 aliphatic rings. The van der Waals surface area contributed by atoms with Gasteiger partial charge in [-0.25, -0.2) is 0 Å². The standard InChI is InChI=1S/C15H16N2O2/c16-12(10-11-6-2-1-3-7-11)15(19)17-13-8-4-5-9-14(13)18/h1-9,12,18H,10,16H2,(H,17,19)/t12-/m0/s1. The van der Waals surface area contributed by atoms with E-state index < -0.39 is 6.04 Å². The Kier molecular flexibility index (Phi) is 4.15. The zero-order chi connectivity index (χ0) is 13.7. The Bertz CT molecular complexity index is 555. The molecule has 4 heteroatoms. The molecule has 2 aromatic carbocycles. The van der Waals surface area contributed by atoms with Gasteiger partial charge in [-0.1, -0.05) is 42.5 Å². The molecule has 0 aromatic heterocycles. The molecule has 0 spiro atoms. The van der Waals surface area contributed by atoms with Crippen molar-refractivity contribution in [1.82, 2.24) is 0 Å². The lowest BCUT2D eigenvalue weighted by molar-refractivity contribution is -0.117. The van der Waals surface area contributed by atoms with E-state index in [2.05, 4.69) is 5.32 Å². The van der Waals surface area contributed by atoms with Crippen LogP contribution in [0.15, 0.2) is 54.6 Å². The van der Waals surface area contributed by atoms with Crippen molar-refractivity contribution >= 4 is 11.6 Å². The Morgan fingerprint density at radius 1 is 1.11 bits per heavy atom. The molecule has 0 unspecified atom stereocenters. The third-order valence-electron chi connectivity index (χ3n) is 2.80. The number of phenolic OH excluding ortho intramolecular Hbond substituents is 1. The molecule has 0 aliphatic carbocycles. The predicted octanol–water partition coefficient (Wildman–Crippen LogP) is 1.90. The molecule has 0 bridgehead atoms. The van der Waals surface area contributed by atoms with E-state index in [9.17, 15) is 9.90 Å². The molecule has 4 nitrogen and oxygen atoms in total. The number of hydrogen-bond acceptors (Lipinski definition) is 3. The van der Waals surface area contributed by atoms with Crippen molar-refractivity contribution in [1.29, 1.82) is 0 Å². The van der Waals surface area contributed by atoms with Crippen LogP contribution in [-0.4, -0.2) is 17.1 Å². The second-order valence-electron chi connectivity index (χ2n) is 4.30. The molecule has 0 saturated carbocycles. The molecule has 2 aromatic rings. The summed E-state index contributed by atoms with van der Waals surface area (Å²) in [5.41, 5.74) is 7.23. The molecule has 0 aliphatic heterocycles. The van der Waals surface area contributed by atoms with Gasteiger partial charge in [-0.15, -0.1) is 0 Å². The van der Waals surface area contributed by atoms with Crippen LogP contribution in [0, 0.1) is 0 Å². The minimum atomic E-state index is -0.651. The van der Waals surface area contributed by atoms with E-state index in [0.29, 0.717) is 12.1 Å². The Hall–Kier alpha value is -2.33. The van der Waals surface area contributed by atoms with Crippen LogP contribution >= 0.6 is 0 Å². The van der Waals surface area contributed by atoms with E-state index in [0.717, 1.165) is 5.56 Å². The number of phenols is 1. The van der Waals surface area contributed by atoms with Crippen molar-refractivity contribution in [2.45, 2.75) is 12.5 Å². The first-order valence-corrected chi connectivity index (χ1v) is 6.05. The quantitative estimate of drug-likeness (QED) is 0.731. The monoisotopic (exact) mass is 256 g/mol. The molecule has 0 heterocycles. The average Bonchev–Trinajstić information content (AvgIpc) is 2.42. The van der Waals surface area contributed by atoms with Gasteiger partial charge in [0.15, 0.2) is 0 Å². The molecule has 1 amide bonds. The number of carbonyl (C=O) groups is 1. The molecule has 0 fully saturated rings. The van der Waals surface area contributed by atoms with E-state index in [1.165, 1.54) is 6.07 Å². The molecule has 19 heavy (non-hydrogen) atoms. The highest BCUT2D eigenvalue weighted by atomic mass is 16.3. The van der Waals surface area contributed by atoms with Crippen LogP contribution in [0.5, 0.6) is 5.75 Å². The van der Waals surface area contributed by atoms with Crippen LogP contribution in [0.4, 0.5) is 5.69 Å². The van der Waals surface area contributed by atoms with Crippen LogP contribution in [0.3, 0.4) is 0 Å². The van der Waals surface area contributed by atoms with Gasteiger partial charge in [-0.2, -0.15) is 0 Å². The van der Waals surface area contributed by atoms with Crippen LogP contribution in [0.1, 0.15) is 5.56 Å². The Morgan fingerprint density at radius 2 is 1.74 bits per heavy atom. The molecule has 4 N–H and O–H groups in total. The smallest absolute Gasteiger partial charge is 0.241 e. The first kappa shape index (κ1) is 13.1. The minimum Gasteiger partial charge on any atom is -0.506 e. The summed E-state index contributed by atoms with van der Waals surface area (Å²) in [5.74, 6) is -0.284. The molecular formula is C15H16N2O2. The second-order valence-corrected chi connectivity index (χ2v) is 4.30. The Labute approximate surface area is 111 Å². The number of anilines is 1. The van der Waals surface area contributed by atoms with Gasteiger partial charge in [0, 0.05) is 0 Å². The zero-order valence-corrected chi connectivity index (χ0v) is 10.4. The summed E-state index contributed by atoms with van der Waals surface area (Å²) < 4.78 is 0. The largest absolute Gasteiger partial charge is 0.506 e. The van der Waals surface area contributed by atoms with Gasteiger partial charge in [0.1, 0.15) is 5.75 Å². The second kappa shape index (κ2) is 6.02. The fourth-order valence-corrected chi connectivity index (χ4v) is 1.77. The number of rotatable bonds is 4. The van der Waals surface area contributed by atoms with Gasteiger partial charge < -0.3 is 16.2 Å². The highest BCUT2D eigenvalue weighted by Crippen LogP contribution is 2.21. The SMILES string of the molecule is N[C@@H](Cc1ccccc1)C(=O)Nc1ccccc1O. The lowest BCUT2D eigenvalue weighted by atomic mass is 10.1. The molecule has 1 atom stereocenters. The zero-order valence-electron chi connectivity index (χ0n) is 10.4. The maximum absolute atomic E-state index is 11.9. The van der Waals surface area contributed by atoms with Crippen molar-refractivity contribution in [2.75, 3.05) is 5.32 Å². The van der Waals surface area contributed by atoms with Gasteiger partial charge in [0.2, 0.25) is 5.91 Å². The van der Waals surface area contributed by atoms with E-state index in [-0.39, 0.29) is 11.7 Å². The first-order valence-electron chi connectivity index (χ1n) is 6.05. The molecule has 0 saturated heterocycles. The van der Waals surface area contributed by atoms with Gasteiger partial charge in [0.25, 0.3) is 0 Å². The summed E-state index contributed by atoms with van der Waals surface area (Å²) in [7, 11) is 0. The first-order chi connectivity index (χ1) is 9.16. The van der Waals surface area contributed by atoms with Gasteiger partial charge in [0.05, 0.1) is 11.7 Å². The molecule has 0 radical (unpaired) electrons. The maximum atomic E-state index is 11.9. The highest BCUT2D eigenvalue weighted by Gasteiger charge is 2.15. The summed E-state index contributed by atoms with van der Waals surface area (Å²) in [5, 5.41) is 12.2. The van der Waals surface area contributed by atoms with Crippen molar-refractivity contribution in [3.05, 3.63) is 60.2 Å². The number of aromatic hydroxyl groups is 1. The number of nitrogens with one attached hydrogen (secondary N) is 1. The number of amides is 1. The van der Waals surface area contributed by atoms with Crippen LogP contribution < -0.4 is 11.1 Å². The van der Waals surface area contributed by atoms with Crippen molar-refractivity contribution in [3.8, 4) is 5.75 Å². The third kappa shape index (κ3) is 3.56. The minimum absolute atomic E-state index is 0.0303. The topological polar surface area (TPSA) is 75.4 Å². The number of benzene rings is 2. The molecule has 98 valence electrons. The third-order valence-corrected chi connectivity index (χ3v) is 2.80. The van der Waals surface area contributed by atoms with Crippen molar-refractivity contribution < 1.29 is 9.90 Å². The van der Waals surface area contributed by atoms with Crippen LogP contribution in [-0.2, 0) is 11.2 Å². The number of hydrogen-bond donors (Lipinski definition) is 3. The fourth-order valence-electron chi connectivity index (χ4n) is 1.77. The van der Waals surface area contributed by atoms with Crippen molar-refractivity contribution in [3.63, 3.8) is 0 Å². The summed E-state index contributed by atoms with van der Waals surface area (Å²) in [4.78, 5) is 11.9. The highest BCUT2D eigenvalue weighted by molar-refractivity contribution is 5.96. The van der Waals surface area contributed by atoms with E-state index >= 15 is 0 Å². The molecular weight excluding hydrogens is 240 g/mol. The van der Waals surface area contributed by atoms with Gasteiger partial charge in [-0.3, -0.25) is 4.79 Å². The van der Waals surface area contributed by atoms with Gasteiger partial charge in [-0.05, 0) is 24.1 Å². The normalized spacial score (nSPS) is 11.8. The number of para-hydroxylation sites is 2. The van der Waals surface area contributed by atoms with Crippen LogP contribution in [0.25, 0.3) is 0 Å². The Morgan fingerprint density at radius 3 is 2.42 bits per heavy atom. The molecule has 2 rings (SSSR count). The maximum Gasteiger partial charge on any atom is 0.241 e. The van der Waals surface area contributed by atoms with E-state index in [4.69, 9.17) is 5.73 Å². The Balaban J connectivity index is 1.99.